The number of nitrogens with one attached hydrogen (secondary N) is 2. The van der Waals surface area contributed by atoms with Gasteiger partial charge in [0, 0.05) is 11.6 Å². The van der Waals surface area contributed by atoms with Gasteiger partial charge in [-0.25, -0.2) is 9.97 Å². The fourth-order valence-electron chi connectivity index (χ4n) is 2.02. The van der Waals surface area contributed by atoms with E-state index < -0.39 is 0 Å². The Balaban J connectivity index is 2.19. The number of halogens is 1. The minimum atomic E-state index is 0.457. The molecule has 4 N–H and O–H groups in total. The summed E-state index contributed by atoms with van der Waals surface area (Å²) < 4.78 is 5.31. The SMILES string of the molecule is COc1ccc(Cl)cc1Nc1ncnc(NCCC(C)C)c1N. The van der Waals surface area contributed by atoms with E-state index in [1.165, 1.54) is 6.33 Å². The van der Waals surface area contributed by atoms with Crippen LogP contribution in [0.25, 0.3) is 0 Å². The summed E-state index contributed by atoms with van der Waals surface area (Å²) in [5.41, 5.74) is 7.30. The Morgan fingerprint density at radius 1 is 1.26 bits per heavy atom. The Labute approximate surface area is 141 Å². The van der Waals surface area contributed by atoms with Crippen molar-refractivity contribution in [3.8, 4) is 5.75 Å². The Morgan fingerprint density at radius 2 is 2.00 bits per heavy atom. The van der Waals surface area contributed by atoms with Crippen LogP contribution >= 0.6 is 11.6 Å². The van der Waals surface area contributed by atoms with Gasteiger partial charge in [-0.05, 0) is 30.5 Å². The van der Waals surface area contributed by atoms with E-state index in [1.807, 2.05) is 0 Å². The highest BCUT2D eigenvalue weighted by atomic mass is 35.5. The topological polar surface area (TPSA) is 85.1 Å². The average Bonchev–Trinajstić information content (AvgIpc) is 2.51. The molecule has 0 aliphatic rings. The van der Waals surface area contributed by atoms with Gasteiger partial charge in [0.15, 0.2) is 11.6 Å². The van der Waals surface area contributed by atoms with Crippen molar-refractivity contribution in [3.63, 3.8) is 0 Å². The van der Waals surface area contributed by atoms with Crippen LogP contribution in [0.3, 0.4) is 0 Å². The van der Waals surface area contributed by atoms with Gasteiger partial charge in [0.05, 0.1) is 12.8 Å². The van der Waals surface area contributed by atoms with E-state index in [1.54, 1.807) is 25.3 Å². The summed E-state index contributed by atoms with van der Waals surface area (Å²) in [7, 11) is 1.59. The first kappa shape index (κ1) is 17.1. The highest BCUT2D eigenvalue weighted by Gasteiger charge is 2.11. The van der Waals surface area contributed by atoms with E-state index in [9.17, 15) is 0 Å². The summed E-state index contributed by atoms with van der Waals surface area (Å²) in [4.78, 5) is 8.39. The Morgan fingerprint density at radius 3 is 2.70 bits per heavy atom. The Bertz CT molecular complexity index is 663. The molecular weight excluding hydrogens is 314 g/mol. The van der Waals surface area contributed by atoms with Gasteiger partial charge >= 0.3 is 0 Å². The number of rotatable bonds is 7. The van der Waals surface area contributed by atoms with Gasteiger partial charge in [-0.1, -0.05) is 25.4 Å². The number of ether oxygens (including phenoxy) is 1. The lowest BCUT2D eigenvalue weighted by molar-refractivity contribution is 0.417. The van der Waals surface area contributed by atoms with Gasteiger partial charge < -0.3 is 21.1 Å². The van der Waals surface area contributed by atoms with Crippen molar-refractivity contribution in [1.29, 1.82) is 0 Å². The molecule has 1 aromatic heterocycles. The number of nitrogens with two attached hydrogens (primary N) is 1. The van der Waals surface area contributed by atoms with Gasteiger partial charge in [-0.3, -0.25) is 0 Å². The summed E-state index contributed by atoms with van der Waals surface area (Å²) in [5.74, 6) is 2.39. The number of hydrogen-bond acceptors (Lipinski definition) is 6. The van der Waals surface area contributed by atoms with E-state index in [0.717, 1.165) is 13.0 Å². The van der Waals surface area contributed by atoms with Gasteiger partial charge in [0.25, 0.3) is 0 Å². The van der Waals surface area contributed by atoms with Crippen molar-refractivity contribution in [3.05, 3.63) is 29.5 Å². The van der Waals surface area contributed by atoms with Crippen molar-refractivity contribution in [2.45, 2.75) is 20.3 Å². The maximum Gasteiger partial charge on any atom is 0.159 e. The van der Waals surface area contributed by atoms with Gasteiger partial charge in [-0.2, -0.15) is 0 Å². The van der Waals surface area contributed by atoms with E-state index >= 15 is 0 Å². The zero-order chi connectivity index (χ0) is 16.8. The molecule has 1 aromatic carbocycles. The molecule has 1 heterocycles. The lowest BCUT2D eigenvalue weighted by Gasteiger charge is -2.15. The van der Waals surface area contributed by atoms with Crippen LogP contribution in [0.5, 0.6) is 5.75 Å². The van der Waals surface area contributed by atoms with Crippen LogP contribution in [0, 0.1) is 5.92 Å². The predicted molar refractivity (Wildman–Crippen MR) is 95.7 cm³/mol. The van der Waals surface area contributed by atoms with E-state index in [0.29, 0.717) is 39.7 Å². The smallest absolute Gasteiger partial charge is 0.159 e. The Kier molecular flexibility index (Phi) is 5.87. The number of aromatic nitrogens is 2. The van der Waals surface area contributed by atoms with Gasteiger partial charge in [0.2, 0.25) is 0 Å². The number of anilines is 4. The zero-order valence-corrected chi connectivity index (χ0v) is 14.3. The van der Waals surface area contributed by atoms with E-state index in [4.69, 9.17) is 22.1 Å². The second-order valence-corrected chi connectivity index (χ2v) is 6.00. The number of nitrogen functional groups attached to an aromatic ring is 1. The molecule has 23 heavy (non-hydrogen) atoms. The summed E-state index contributed by atoms with van der Waals surface area (Å²) in [6, 6.07) is 5.30. The largest absolute Gasteiger partial charge is 0.495 e. The Hall–Kier alpha value is -2.21. The number of hydrogen-bond donors (Lipinski definition) is 3. The minimum absolute atomic E-state index is 0.457. The molecule has 0 radical (unpaired) electrons. The van der Waals surface area contributed by atoms with E-state index in [-0.39, 0.29) is 0 Å². The minimum Gasteiger partial charge on any atom is -0.495 e. The first-order chi connectivity index (χ1) is 11.0. The summed E-state index contributed by atoms with van der Waals surface area (Å²) in [6.07, 6.45) is 2.50. The third-order valence-electron chi connectivity index (χ3n) is 3.31. The van der Waals surface area contributed by atoms with Crippen molar-refractivity contribution in [2.75, 3.05) is 30.0 Å². The molecule has 0 bridgehead atoms. The second-order valence-electron chi connectivity index (χ2n) is 5.56. The van der Waals surface area contributed by atoms with Crippen molar-refractivity contribution < 1.29 is 4.74 Å². The fraction of sp³-hybridized carbons (Fsp3) is 0.375. The quantitative estimate of drug-likeness (QED) is 0.711. The lowest BCUT2D eigenvalue weighted by atomic mass is 10.1. The van der Waals surface area contributed by atoms with Crippen LogP contribution in [0.2, 0.25) is 5.02 Å². The molecule has 2 aromatic rings. The predicted octanol–water partition coefficient (Wildman–Crippen LogP) is 3.92. The first-order valence-corrected chi connectivity index (χ1v) is 7.84. The van der Waals surface area contributed by atoms with Crippen LogP contribution in [0.1, 0.15) is 20.3 Å². The molecular formula is C16H22ClN5O. The molecule has 6 nitrogen and oxygen atoms in total. The normalized spacial score (nSPS) is 10.7. The van der Waals surface area contributed by atoms with Gasteiger partial charge in [0.1, 0.15) is 17.8 Å². The summed E-state index contributed by atoms with van der Waals surface area (Å²) >= 11 is 6.04. The van der Waals surface area contributed by atoms with Crippen LogP contribution in [-0.2, 0) is 0 Å². The molecule has 7 heteroatoms. The molecule has 0 aliphatic carbocycles. The second kappa shape index (κ2) is 7.87. The highest BCUT2D eigenvalue weighted by Crippen LogP contribution is 2.32. The maximum absolute atomic E-state index is 6.15. The standard InChI is InChI=1S/C16H22ClN5O/c1-10(2)6-7-19-15-14(18)16(21-9-20-15)22-12-8-11(17)4-5-13(12)23-3/h4-5,8-10H,6-7,18H2,1-3H3,(H2,19,20,21,22). The van der Waals surface area contributed by atoms with Crippen LogP contribution in [-0.4, -0.2) is 23.6 Å². The van der Waals surface area contributed by atoms with Gasteiger partial charge in [-0.15, -0.1) is 0 Å². The molecule has 0 unspecified atom stereocenters. The van der Waals surface area contributed by atoms with Crippen LogP contribution in [0.15, 0.2) is 24.5 Å². The third kappa shape index (κ3) is 4.63. The summed E-state index contributed by atoms with van der Waals surface area (Å²) in [6.45, 7) is 5.14. The molecule has 0 atom stereocenters. The number of methoxy groups -OCH3 is 1. The third-order valence-corrected chi connectivity index (χ3v) is 3.55. The fourth-order valence-corrected chi connectivity index (χ4v) is 2.19. The average molecular weight is 336 g/mol. The molecule has 2 rings (SSSR count). The molecule has 0 amide bonds. The molecule has 0 aliphatic heterocycles. The summed E-state index contributed by atoms with van der Waals surface area (Å²) in [5, 5.41) is 6.98. The molecule has 0 saturated carbocycles. The zero-order valence-electron chi connectivity index (χ0n) is 13.6. The lowest BCUT2D eigenvalue weighted by Crippen LogP contribution is -2.10. The monoisotopic (exact) mass is 335 g/mol. The molecule has 0 fully saturated rings. The van der Waals surface area contributed by atoms with E-state index in [2.05, 4.69) is 34.4 Å². The van der Waals surface area contributed by atoms with Crippen molar-refractivity contribution in [2.24, 2.45) is 5.92 Å². The first-order valence-electron chi connectivity index (χ1n) is 7.46. The van der Waals surface area contributed by atoms with Crippen molar-refractivity contribution in [1.82, 2.24) is 9.97 Å². The van der Waals surface area contributed by atoms with Crippen molar-refractivity contribution >= 4 is 34.6 Å². The highest BCUT2D eigenvalue weighted by molar-refractivity contribution is 6.31. The maximum atomic E-state index is 6.15. The number of nitrogens with zero attached hydrogens (tertiary/aromatic N) is 2. The molecule has 0 saturated heterocycles. The van der Waals surface area contributed by atoms with Crippen LogP contribution in [0.4, 0.5) is 23.0 Å². The molecule has 124 valence electrons. The molecule has 0 spiro atoms. The number of benzene rings is 1. The van der Waals surface area contributed by atoms with Crippen LogP contribution < -0.4 is 21.1 Å².